The number of hydrogen-bond donors (Lipinski definition) is 2. The highest BCUT2D eigenvalue weighted by Gasteiger charge is 2.19. The van der Waals surface area contributed by atoms with Gasteiger partial charge in [0.2, 0.25) is 0 Å². The summed E-state index contributed by atoms with van der Waals surface area (Å²) in [6, 6.07) is 4.91. The molecule has 4 nitrogen and oxygen atoms in total. The van der Waals surface area contributed by atoms with Crippen LogP contribution in [0.2, 0.25) is 5.02 Å². The first kappa shape index (κ1) is 14.3. The Labute approximate surface area is 118 Å². The molecule has 2 N–H and O–H groups in total. The number of benzene rings is 1. The Morgan fingerprint density at radius 2 is 2.11 bits per heavy atom. The number of rotatable bonds is 4. The van der Waals surface area contributed by atoms with Crippen LogP contribution in [0.5, 0.6) is 0 Å². The summed E-state index contributed by atoms with van der Waals surface area (Å²) < 4.78 is 39.4. The molecule has 0 aliphatic rings. The van der Waals surface area contributed by atoms with Crippen molar-refractivity contribution in [1.29, 1.82) is 0 Å². The number of nitrogens with one attached hydrogen (secondary N) is 1. The van der Waals surface area contributed by atoms with Crippen molar-refractivity contribution in [2.75, 3.05) is 4.72 Å². The first-order chi connectivity index (χ1) is 8.94. The van der Waals surface area contributed by atoms with Crippen molar-refractivity contribution in [3.63, 3.8) is 0 Å². The van der Waals surface area contributed by atoms with Gasteiger partial charge in [0.1, 0.15) is 10.7 Å². The Morgan fingerprint density at radius 3 is 2.74 bits per heavy atom. The molecule has 0 atom stereocenters. The molecular formula is C11H9ClFNO3S2. The third-order valence-corrected chi connectivity index (χ3v) is 5.10. The fourth-order valence-corrected chi connectivity index (χ4v) is 3.98. The molecule has 102 valence electrons. The summed E-state index contributed by atoms with van der Waals surface area (Å²) in [7, 11) is -3.82. The predicted molar refractivity (Wildman–Crippen MR) is 72.5 cm³/mol. The van der Waals surface area contributed by atoms with Crippen molar-refractivity contribution >= 4 is 38.6 Å². The van der Waals surface area contributed by atoms with E-state index in [0.717, 1.165) is 17.4 Å². The van der Waals surface area contributed by atoms with Gasteiger partial charge in [0, 0.05) is 0 Å². The van der Waals surface area contributed by atoms with Gasteiger partial charge < -0.3 is 5.11 Å². The van der Waals surface area contributed by atoms with Gasteiger partial charge in [0.15, 0.2) is 0 Å². The molecule has 8 heteroatoms. The molecule has 19 heavy (non-hydrogen) atoms. The largest absolute Gasteiger partial charge is 0.391 e. The van der Waals surface area contributed by atoms with Gasteiger partial charge in [0.25, 0.3) is 10.0 Å². The van der Waals surface area contributed by atoms with E-state index in [0.29, 0.717) is 4.88 Å². The third-order valence-electron chi connectivity index (χ3n) is 2.31. The van der Waals surface area contributed by atoms with E-state index >= 15 is 0 Å². The van der Waals surface area contributed by atoms with E-state index < -0.39 is 15.8 Å². The summed E-state index contributed by atoms with van der Waals surface area (Å²) in [5, 5.41) is 10.5. The molecule has 0 spiro atoms. The molecule has 2 aromatic rings. The molecule has 0 saturated carbocycles. The molecular weight excluding hydrogens is 313 g/mol. The first-order valence-corrected chi connectivity index (χ1v) is 7.83. The Balaban J connectivity index is 2.34. The van der Waals surface area contributed by atoms with Crippen LogP contribution < -0.4 is 4.72 Å². The fourth-order valence-electron chi connectivity index (χ4n) is 1.45. The minimum Gasteiger partial charge on any atom is -0.391 e. The maximum atomic E-state index is 13.0. The van der Waals surface area contributed by atoms with E-state index in [4.69, 9.17) is 16.7 Å². The van der Waals surface area contributed by atoms with Crippen molar-refractivity contribution in [2.24, 2.45) is 0 Å². The molecule has 0 unspecified atom stereocenters. The predicted octanol–water partition coefficient (Wildman–Crippen LogP) is 2.83. The zero-order valence-corrected chi connectivity index (χ0v) is 11.8. The highest BCUT2D eigenvalue weighted by atomic mass is 35.5. The Hall–Kier alpha value is -1.15. The molecule has 0 aliphatic carbocycles. The lowest BCUT2D eigenvalue weighted by Crippen LogP contribution is -2.13. The summed E-state index contributed by atoms with van der Waals surface area (Å²) in [6.45, 7) is -0.363. The van der Waals surface area contributed by atoms with Gasteiger partial charge in [-0.05, 0) is 29.6 Å². The van der Waals surface area contributed by atoms with E-state index in [-0.39, 0.29) is 22.2 Å². The fraction of sp³-hybridized carbons (Fsp3) is 0.0909. The maximum Gasteiger partial charge on any atom is 0.263 e. The van der Waals surface area contributed by atoms with Crippen LogP contribution in [0.1, 0.15) is 4.88 Å². The van der Waals surface area contributed by atoms with Gasteiger partial charge in [-0.3, -0.25) is 4.72 Å². The van der Waals surface area contributed by atoms with Gasteiger partial charge >= 0.3 is 0 Å². The highest BCUT2D eigenvalue weighted by molar-refractivity contribution is 7.93. The van der Waals surface area contributed by atoms with Crippen LogP contribution in [0.25, 0.3) is 0 Å². The molecule has 1 aromatic carbocycles. The van der Waals surface area contributed by atoms with Gasteiger partial charge in [-0.2, -0.15) is 0 Å². The van der Waals surface area contributed by atoms with E-state index in [2.05, 4.69) is 4.72 Å². The molecule has 1 heterocycles. The van der Waals surface area contributed by atoms with Crippen LogP contribution in [-0.2, 0) is 16.6 Å². The topological polar surface area (TPSA) is 66.4 Å². The standard InChI is InChI=1S/C11H9ClFNO3S2/c12-8-5-7(1-2-9(8)13)14-19(16,17)11-3-4-18-10(11)6-15/h1-5,14-15H,6H2. The zero-order valence-electron chi connectivity index (χ0n) is 9.43. The second-order valence-corrected chi connectivity index (χ2v) is 6.66. The molecule has 0 amide bonds. The van der Waals surface area contributed by atoms with E-state index in [1.165, 1.54) is 18.2 Å². The Kier molecular flexibility index (Phi) is 4.10. The van der Waals surface area contributed by atoms with Gasteiger partial charge in [-0.1, -0.05) is 11.6 Å². The molecule has 1 aromatic heterocycles. The van der Waals surface area contributed by atoms with Crippen molar-refractivity contribution in [1.82, 2.24) is 0 Å². The minimum absolute atomic E-state index is 0.000414. The minimum atomic E-state index is -3.82. The summed E-state index contributed by atoms with van der Waals surface area (Å²) in [5.41, 5.74) is 0.154. The average molecular weight is 322 g/mol. The molecule has 2 rings (SSSR count). The lowest BCUT2D eigenvalue weighted by atomic mass is 10.3. The molecule has 0 bridgehead atoms. The van der Waals surface area contributed by atoms with Crippen LogP contribution in [0.4, 0.5) is 10.1 Å². The van der Waals surface area contributed by atoms with Crippen molar-refractivity contribution in [3.05, 3.63) is 45.4 Å². The second kappa shape index (κ2) is 5.46. The smallest absolute Gasteiger partial charge is 0.263 e. The Morgan fingerprint density at radius 1 is 1.37 bits per heavy atom. The summed E-state index contributed by atoms with van der Waals surface area (Å²) in [5.74, 6) is -0.629. The van der Waals surface area contributed by atoms with Crippen LogP contribution in [-0.4, -0.2) is 13.5 Å². The van der Waals surface area contributed by atoms with Crippen LogP contribution in [0.15, 0.2) is 34.5 Å². The maximum absolute atomic E-state index is 13.0. The van der Waals surface area contributed by atoms with E-state index in [1.54, 1.807) is 5.38 Å². The number of halogens is 2. The Bertz CT molecular complexity index is 700. The zero-order chi connectivity index (χ0) is 14.0. The average Bonchev–Trinajstić information content (AvgIpc) is 2.82. The van der Waals surface area contributed by atoms with E-state index in [1.807, 2.05) is 0 Å². The molecule has 0 fully saturated rings. The van der Waals surface area contributed by atoms with Crippen molar-refractivity contribution in [2.45, 2.75) is 11.5 Å². The number of aliphatic hydroxyl groups is 1. The van der Waals surface area contributed by atoms with Crippen molar-refractivity contribution < 1.29 is 17.9 Å². The summed E-state index contributed by atoms with van der Waals surface area (Å²) >= 11 is 6.72. The highest BCUT2D eigenvalue weighted by Crippen LogP contribution is 2.26. The molecule has 0 saturated heterocycles. The van der Waals surface area contributed by atoms with Gasteiger partial charge in [-0.15, -0.1) is 11.3 Å². The second-order valence-electron chi connectivity index (χ2n) is 3.60. The quantitative estimate of drug-likeness (QED) is 0.910. The van der Waals surface area contributed by atoms with Crippen LogP contribution in [0, 0.1) is 5.82 Å². The first-order valence-electron chi connectivity index (χ1n) is 5.09. The monoisotopic (exact) mass is 321 g/mol. The normalized spacial score (nSPS) is 11.5. The lowest BCUT2D eigenvalue weighted by molar-refractivity contribution is 0.282. The number of sulfonamides is 1. The van der Waals surface area contributed by atoms with Crippen LogP contribution >= 0.6 is 22.9 Å². The number of aliphatic hydroxyl groups excluding tert-OH is 1. The van der Waals surface area contributed by atoms with E-state index in [9.17, 15) is 12.8 Å². The number of thiophene rings is 1. The molecule has 0 radical (unpaired) electrons. The number of hydrogen-bond acceptors (Lipinski definition) is 4. The SMILES string of the molecule is O=S(=O)(Nc1ccc(F)c(Cl)c1)c1ccsc1CO. The summed E-state index contributed by atoms with van der Waals surface area (Å²) in [4.78, 5) is 0.334. The lowest BCUT2D eigenvalue weighted by Gasteiger charge is -2.08. The van der Waals surface area contributed by atoms with Gasteiger partial charge in [-0.25, -0.2) is 12.8 Å². The third kappa shape index (κ3) is 3.06. The van der Waals surface area contributed by atoms with Crippen molar-refractivity contribution in [3.8, 4) is 0 Å². The van der Waals surface area contributed by atoms with Crippen LogP contribution in [0.3, 0.4) is 0 Å². The summed E-state index contributed by atoms with van der Waals surface area (Å²) in [6.07, 6.45) is 0. The van der Waals surface area contributed by atoms with Gasteiger partial charge in [0.05, 0.1) is 22.2 Å². The molecule has 0 aliphatic heterocycles. The number of anilines is 1.